The molecule has 0 radical (unpaired) electrons. The standard InChI is InChI=1S/C17H17F3N2O2/c1-9(23)21-22-12-5-4-10(17(18,19)20)6-11(12)15-13(22)7-16(2,3)8-14(15)24/h4-6H,7-8H2,1-3H3,(H,21,23). The van der Waals surface area contributed by atoms with Crippen LogP contribution in [0, 0.1) is 5.41 Å². The highest BCUT2D eigenvalue weighted by atomic mass is 19.4. The third-order valence-corrected chi connectivity index (χ3v) is 4.23. The van der Waals surface area contributed by atoms with Crippen molar-refractivity contribution in [3.63, 3.8) is 0 Å². The molecule has 1 aromatic heterocycles. The molecule has 0 atom stereocenters. The van der Waals surface area contributed by atoms with Crippen LogP contribution in [0.3, 0.4) is 0 Å². The van der Waals surface area contributed by atoms with E-state index < -0.39 is 11.7 Å². The van der Waals surface area contributed by atoms with Gasteiger partial charge < -0.3 is 0 Å². The number of alkyl halides is 3. The number of nitrogens with one attached hydrogen (secondary N) is 1. The molecule has 0 bridgehead atoms. The topological polar surface area (TPSA) is 51.1 Å². The lowest BCUT2D eigenvalue weighted by molar-refractivity contribution is -0.137. The molecule has 128 valence electrons. The number of benzene rings is 1. The van der Waals surface area contributed by atoms with Gasteiger partial charge in [-0.2, -0.15) is 13.2 Å². The Morgan fingerprint density at radius 2 is 1.92 bits per heavy atom. The van der Waals surface area contributed by atoms with Crippen molar-refractivity contribution in [3.8, 4) is 0 Å². The number of rotatable bonds is 1. The first-order valence-corrected chi connectivity index (χ1v) is 7.55. The second kappa shape index (κ2) is 5.09. The van der Waals surface area contributed by atoms with E-state index >= 15 is 0 Å². The van der Waals surface area contributed by atoms with Crippen LogP contribution >= 0.6 is 0 Å². The zero-order valence-corrected chi connectivity index (χ0v) is 13.5. The summed E-state index contributed by atoms with van der Waals surface area (Å²) in [7, 11) is 0. The van der Waals surface area contributed by atoms with Crippen LogP contribution in [0.5, 0.6) is 0 Å². The van der Waals surface area contributed by atoms with E-state index in [1.165, 1.54) is 17.7 Å². The van der Waals surface area contributed by atoms with Gasteiger partial charge in [-0.05, 0) is 30.0 Å². The Morgan fingerprint density at radius 1 is 1.25 bits per heavy atom. The first-order valence-electron chi connectivity index (χ1n) is 7.55. The van der Waals surface area contributed by atoms with Gasteiger partial charge in [-0.15, -0.1) is 0 Å². The van der Waals surface area contributed by atoms with Crippen LogP contribution in [-0.4, -0.2) is 16.4 Å². The highest BCUT2D eigenvalue weighted by molar-refractivity contribution is 6.11. The number of carbonyl (C=O) groups excluding carboxylic acids is 2. The Kier molecular flexibility index (Phi) is 3.51. The number of hydrogen-bond donors (Lipinski definition) is 1. The Labute approximate surface area is 136 Å². The Balaban J connectivity index is 2.33. The number of carbonyl (C=O) groups is 2. The van der Waals surface area contributed by atoms with Crippen LogP contribution in [0.15, 0.2) is 18.2 Å². The SMILES string of the molecule is CC(=O)Nn1c2c(c3cc(C(F)(F)F)ccc31)C(=O)CC(C)(C)C2. The maximum Gasteiger partial charge on any atom is 0.416 e. The van der Waals surface area contributed by atoms with E-state index in [-0.39, 0.29) is 34.5 Å². The first kappa shape index (κ1) is 16.5. The lowest BCUT2D eigenvalue weighted by Crippen LogP contribution is -2.31. The van der Waals surface area contributed by atoms with Crippen molar-refractivity contribution in [2.24, 2.45) is 5.41 Å². The zero-order chi connectivity index (χ0) is 17.9. The van der Waals surface area contributed by atoms with Gasteiger partial charge in [0.2, 0.25) is 5.91 Å². The summed E-state index contributed by atoms with van der Waals surface area (Å²) in [5.41, 5.74) is 2.72. The predicted octanol–water partition coefficient (Wildman–Crippen LogP) is 3.91. The fraction of sp³-hybridized carbons (Fsp3) is 0.412. The van der Waals surface area contributed by atoms with Gasteiger partial charge in [0, 0.05) is 24.3 Å². The largest absolute Gasteiger partial charge is 0.416 e. The van der Waals surface area contributed by atoms with E-state index in [9.17, 15) is 22.8 Å². The van der Waals surface area contributed by atoms with Gasteiger partial charge in [0.05, 0.1) is 16.8 Å². The van der Waals surface area contributed by atoms with E-state index in [4.69, 9.17) is 0 Å². The van der Waals surface area contributed by atoms with Gasteiger partial charge >= 0.3 is 6.18 Å². The average molecular weight is 338 g/mol. The molecule has 1 heterocycles. The number of ketones is 1. The van der Waals surface area contributed by atoms with Crippen molar-refractivity contribution in [2.45, 2.75) is 39.8 Å². The van der Waals surface area contributed by atoms with Gasteiger partial charge in [0.25, 0.3) is 0 Å². The third-order valence-electron chi connectivity index (χ3n) is 4.23. The van der Waals surface area contributed by atoms with Gasteiger partial charge in [-0.3, -0.25) is 19.7 Å². The number of hydrogen-bond acceptors (Lipinski definition) is 2. The molecule has 1 aromatic carbocycles. The molecule has 3 rings (SSSR count). The molecular formula is C17H17F3N2O2. The summed E-state index contributed by atoms with van der Waals surface area (Å²) in [6, 6.07) is 3.25. The van der Waals surface area contributed by atoms with Gasteiger partial charge in [-0.1, -0.05) is 13.8 Å². The molecule has 24 heavy (non-hydrogen) atoms. The van der Waals surface area contributed by atoms with Crippen molar-refractivity contribution in [1.82, 2.24) is 4.68 Å². The van der Waals surface area contributed by atoms with Crippen LogP contribution < -0.4 is 5.43 Å². The number of halogens is 3. The summed E-state index contributed by atoms with van der Waals surface area (Å²) in [5.74, 6) is -0.555. The lowest BCUT2D eigenvalue weighted by atomic mass is 9.76. The minimum Gasteiger partial charge on any atom is -0.294 e. The molecule has 7 heteroatoms. The quantitative estimate of drug-likeness (QED) is 0.857. The minimum absolute atomic E-state index is 0.199. The normalized spacial score (nSPS) is 17.0. The van der Waals surface area contributed by atoms with Crippen molar-refractivity contribution in [1.29, 1.82) is 0 Å². The number of amides is 1. The summed E-state index contributed by atoms with van der Waals surface area (Å²) in [6.45, 7) is 5.16. The molecule has 2 aromatic rings. The smallest absolute Gasteiger partial charge is 0.294 e. The van der Waals surface area contributed by atoms with Crippen LogP contribution in [0.2, 0.25) is 0 Å². The van der Waals surface area contributed by atoms with E-state index in [1.54, 1.807) is 0 Å². The summed E-state index contributed by atoms with van der Waals surface area (Å²) in [4.78, 5) is 24.1. The molecule has 1 amide bonds. The summed E-state index contributed by atoms with van der Waals surface area (Å²) >= 11 is 0. The molecule has 0 spiro atoms. The number of nitrogens with zero attached hydrogens (tertiary/aromatic N) is 1. The molecular weight excluding hydrogens is 321 g/mol. The van der Waals surface area contributed by atoms with Gasteiger partial charge in [0.1, 0.15) is 0 Å². The lowest BCUT2D eigenvalue weighted by Gasteiger charge is -2.29. The summed E-state index contributed by atoms with van der Waals surface area (Å²) in [5, 5.41) is 0.231. The van der Waals surface area contributed by atoms with Gasteiger partial charge in [-0.25, -0.2) is 0 Å². The fourth-order valence-electron chi connectivity index (χ4n) is 3.32. The molecule has 1 aliphatic rings. The number of Topliss-reactive ketones (excluding diaryl/α,β-unsaturated/α-hetero) is 1. The third kappa shape index (κ3) is 2.68. The second-order valence-electron chi connectivity index (χ2n) is 7.00. The molecule has 0 fully saturated rings. The van der Waals surface area contributed by atoms with E-state index in [1.807, 2.05) is 13.8 Å². The van der Waals surface area contributed by atoms with Crippen molar-refractivity contribution in [2.75, 3.05) is 5.43 Å². The molecule has 0 saturated heterocycles. The fourth-order valence-corrected chi connectivity index (χ4v) is 3.32. The van der Waals surface area contributed by atoms with Gasteiger partial charge in [0.15, 0.2) is 5.78 Å². The molecule has 1 N–H and O–H groups in total. The summed E-state index contributed by atoms with van der Waals surface area (Å²) in [6.07, 6.45) is -3.74. The minimum atomic E-state index is -4.49. The Hall–Kier alpha value is -2.31. The predicted molar refractivity (Wildman–Crippen MR) is 83.4 cm³/mol. The average Bonchev–Trinajstić information content (AvgIpc) is 2.69. The Morgan fingerprint density at radius 3 is 2.50 bits per heavy atom. The Bertz CT molecular complexity index is 863. The van der Waals surface area contributed by atoms with Crippen molar-refractivity contribution < 1.29 is 22.8 Å². The van der Waals surface area contributed by atoms with Crippen LogP contribution in [0.4, 0.5) is 13.2 Å². The maximum atomic E-state index is 13.0. The van der Waals surface area contributed by atoms with Crippen LogP contribution in [0.1, 0.15) is 48.8 Å². The van der Waals surface area contributed by atoms with Crippen molar-refractivity contribution in [3.05, 3.63) is 35.0 Å². The molecule has 0 saturated carbocycles. The van der Waals surface area contributed by atoms with Crippen LogP contribution in [-0.2, 0) is 17.4 Å². The highest BCUT2D eigenvalue weighted by Crippen LogP contribution is 2.41. The molecule has 0 aliphatic heterocycles. The maximum absolute atomic E-state index is 13.0. The zero-order valence-electron chi connectivity index (χ0n) is 13.5. The second-order valence-corrected chi connectivity index (χ2v) is 7.00. The number of aromatic nitrogens is 1. The highest BCUT2D eigenvalue weighted by Gasteiger charge is 2.37. The molecule has 0 unspecified atom stereocenters. The van der Waals surface area contributed by atoms with E-state index in [0.29, 0.717) is 17.6 Å². The molecule has 4 nitrogen and oxygen atoms in total. The van der Waals surface area contributed by atoms with Crippen molar-refractivity contribution >= 4 is 22.6 Å². The molecule has 1 aliphatic carbocycles. The number of fused-ring (bicyclic) bond motifs is 3. The van der Waals surface area contributed by atoms with E-state index in [2.05, 4.69) is 5.43 Å². The monoisotopic (exact) mass is 338 g/mol. The first-order chi connectivity index (χ1) is 11.0. The van der Waals surface area contributed by atoms with Crippen LogP contribution in [0.25, 0.3) is 10.9 Å². The van der Waals surface area contributed by atoms with E-state index in [0.717, 1.165) is 12.1 Å². The summed E-state index contributed by atoms with van der Waals surface area (Å²) < 4.78 is 40.5.